The minimum atomic E-state index is -0.729. The first-order valence-electron chi connectivity index (χ1n) is 8.01. The molecule has 1 aromatic heterocycles. The van der Waals surface area contributed by atoms with E-state index in [1.807, 2.05) is 19.9 Å². The van der Waals surface area contributed by atoms with Crippen molar-refractivity contribution >= 4 is 28.9 Å². The molecule has 8 heteroatoms. The Morgan fingerprint density at radius 1 is 1.15 bits per heavy atom. The third-order valence-corrected chi connectivity index (χ3v) is 4.35. The SMILES string of the molecule is Cc1cc2oc(=O)cc(COC(=O)CN3C(=O)CN(C)C3=O)c2cc1C. The Morgan fingerprint density at radius 3 is 2.50 bits per heavy atom. The summed E-state index contributed by atoms with van der Waals surface area (Å²) in [6, 6.07) is 4.35. The molecule has 0 aliphatic carbocycles. The molecule has 0 saturated carbocycles. The van der Waals surface area contributed by atoms with Crippen LogP contribution in [0, 0.1) is 13.8 Å². The lowest BCUT2D eigenvalue weighted by Crippen LogP contribution is -2.36. The van der Waals surface area contributed by atoms with Gasteiger partial charge in [-0.2, -0.15) is 0 Å². The lowest BCUT2D eigenvalue weighted by molar-refractivity contribution is -0.147. The summed E-state index contributed by atoms with van der Waals surface area (Å²) in [4.78, 5) is 49.3. The fraction of sp³-hybridized carbons (Fsp3) is 0.333. The van der Waals surface area contributed by atoms with Gasteiger partial charge in [0.15, 0.2) is 0 Å². The van der Waals surface area contributed by atoms with Crippen LogP contribution in [0.2, 0.25) is 0 Å². The summed E-state index contributed by atoms with van der Waals surface area (Å²) in [5.74, 6) is -1.18. The molecule has 1 fully saturated rings. The quantitative estimate of drug-likeness (QED) is 0.465. The Labute approximate surface area is 148 Å². The van der Waals surface area contributed by atoms with Gasteiger partial charge in [-0.25, -0.2) is 9.59 Å². The van der Waals surface area contributed by atoms with E-state index in [0.717, 1.165) is 16.0 Å². The normalized spacial score (nSPS) is 14.4. The van der Waals surface area contributed by atoms with Gasteiger partial charge < -0.3 is 14.1 Å². The van der Waals surface area contributed by atoms with Crippen molar-refractivity contribution in [2.45, 2.75) is 20.5 Å². The van der Waals surface area contributed by atoms with Gasteiger partial charge in [-0.15, -0.1) is 0 Å². The molecule has 0 bridgehead atoms. The second kappa shape index (κ2) is 6.62. The highest BCUT2D eigenvalue weighted by molar-refractivity contribution is 6.03. The highest BCUT2D eigenvalue weighted by Gasteiger charge is 2.35. The molecule has 0 spiro atoms. The smallest absolute Gasteiger partial charge is 0.336 e. The van der Waals surface area contributed by atoms with Crippen LogP contribution in [0.5, 0.6) is 0 Å². The zero-order valence-electron chi connectivity index (χ0n) is 14.7. The summed E-state index contributed by atoms with van der Waals surface area (Å²) >= 11 is 0. The monoisotopic (exact) mass is 358 g/mol. The number of hydrogen-bond acceptors (Lipinski definition) is 6. The number of imide groups is 1. The fourth-order valence-electron chi connectivity index (χ4n) is 2.76. The summed E-state index contributed by atoms with van der Waals surface area (Å²) in [7, 11) is 1.48. The maximum Gasteiger partial charge on any atom is 0.336 e. The van der Waals surface area contributed by atoms with Crippen molar-refractivity contribution in [1.82, 2.24) is 9.80 Å². The number of likely N-dealkylation sites (N-methyl/N-ethyl adjacent to an activating group) is 1. The van der Waals surface area contributed by atoms with Crippen LogP contribution in [0.4, 0.5) is 4.79 Å². The van der Waals surface area contributed by atoms with Crippen LogP contribution in [0.3, 0.4) is 0 Å². The third kappa shape index (κ3) is 3.30. The minimum absolute atomic E-state index is 0.0604. The summed E-state index contributed by atoms with van der Waals surface area (Å²) in [6.07, 6.45) is 0. The van der Waals surface area contributed by atoms with E-state index >= 15 is 0 Å². The predicted octanol–water partition coefficient (Wildman–Crippen LogP) is 1.35. The molecule has 1 aliphatic rings. The predicted molar refractivity (Wildman–Crippen MR) is 91.5 cm³/mol. The number of esters is 1. The number of hydrogen-bond donors (Lipinski definition) is 0. The lowest BCUT2D eigenvalue weighted by Gasteiger charge is -2.14. The van der Waals surface area contributed by atoms with Crippen LogP contribution in [0.1, 0.15) is 16.7 Å². The van der Waals surface area contributed by atoms with E-state index in [9.17, 15) is 19.2 Å². The van der Waals surface area contributed by atoms with Crippen molar-refractivity contribution in [3.05, 3.63) is 45.3 Å². The molecule has 2 aromatic rings. The Balaban J connectivity index is 1.76. The zero-order valence-corrected chi connectivity index (χ0v) is 14.7. The number of benzene rings is 1. The van der Waals surface area contributed by atoms with Gasteiger partial charge >= 0.3 is 17.6 Å². The Bertz CT molecular complexity index is 978. The van der Waals surface area contributed by atoms with Gasteiger partial charge in [-0.3, -0.25) is 14.5 Å². The number of amides is 3. The van der Waals surface area contributed by atoms with Gasteiger partial charge in [0.05, 0.1) is 0 Å². The minimum Gasteiger partial charge on any atom is -0.459 e. The van der Waals surface area contributed by atoms with Gasteiger partial charge in [0.25, 0.3) is 5.91 Å². The molecule has 0 N–H and O–H groups in total. The first-order chi connectivity index (χ1) is 12.3. The number of rotatable bonds is 4. The average Bonchev–Trinajstić information content (AvgIpc) is 2.80. The first-order valence-corrected chi connectivity index (χ1v) is 8.01. The molecule has 0 radical (unpaired) electrons. The third-order valence-electron chi connectivity index (χ3n) is 4.35. The van der Waals surface area contributed by atoms with Crippen molar-refractivity contribution < 1.29 is 23.5 Å². The molecule has 26 heavy (non-hydrogen) atoms. The van der Waals surface area contributed by atoms with Crippen molar-refractivity contribution in [2.75, 3.05) is 20.1 Å². The Hall–Kier alpha value is -3.16. The molecule has 0 atom stereocenters. The van der Waals surface area contributed by atoms with Crippen LogP contribution < -0.4 is 5.63 Å². The highest BCUT2D eigenvalue weighted by atomic mass is 16.5. The summed E-state index contributed by atoms with van der Waals surface area (Å²) < 4.78 is 10.4. The van der Waals surface area contributed by atoms with Crippen molar-refractivity contribution in [3.8, 4) is 0 Å². The van der Waals surface area contributed by atoms with Crippen molar-refractivity contribution in [3.63, 3.8) is 0 Å². The van der Waals surface area contributed by atoms with E-state index in [1.54, 1.807) is 6.07 Å². The van der Waals surface area contributed by atoms with Gasteiger partial charge in [-0.05, 0) is 37.1 Å². The number of nitrogens with zero attached hydrogens (tertiary/aromatic N) is 2. The second-order valence-electron chi connectivity index (χ2n) is 6.30. The van der Waals surface area contributed by atoms with Crippen LogP contribution in [-0.4, -0.2) is 47.8 Å². The largest absolute Gasteiger partial charge is 0.459 e. The van der Waals surface area contributed by atoms with Crippen LogP contribution in [-0.2, 0) is 20.9 Å². The van der Waals surface area contributed by atoms with E-state index in [2.05, 4.69) is 0 Å². The molecule has 0 unspecified atom stereocenters. The summed E-state index contributed by atoms with van der Waals surface area (Å²) in [5, 5.41) is 0.675. The van der Waals surface area contributed by atoms with Crippen molar-refractivity contribution in [1.29, 1.82) is 0 Å². The molecule has 3 amide bonds. The maximum absolute atomic E-state index is 12.0. The molecule has 2 heterocycles. The van der Waals surface area contributed by atoms with Gasteiger partial charge in [0.2, 0.25) is 0 Å². The van der Waals surface area contributed by atoms with E-state index in [1.165, 1.54) is 18.0 Å². The Kier molecular flexibility index (Phi) is 4.50. The fourth-order valence-corrected chi connectivity index (χ4v) is 2.76. The molecule has 8 nitrogen and oxygen atoms in total. The molecule has 1 aliphatic heterocycles. The number of ether oxygens (including phenoxy) is 1. The molecule has 1 saturated heterocycles. The summed E-state index contributed by atoms with van der Waals surface area (Å²) in [6.45, 7) is 3.16. The van der Waals surface area contributed by atoms with E-state index in [-0.39, 0.29) is 13.2 Å². The highest BCUT2D eigenvalue weighted by Crippen LogP contribution is 2.22. The van der Waals surface area contributed by atoms with E-state index < -0.39 is 30.1 Å². The lowest BCUT2D eigenvalue weighted by atomic mass is 10.0. The standard InChI is InChI=1S/C18H18N2O6/c1-10-4-13-12(6-16(22)26-14(13)5-11(10)2)9-25-17(23)8-20-15(21)7-19(3)18(20)24/h4-6H,7-9H2,1-3H3. The van der Waals surface area contributed by atoms with Crippen LogP contribution >= 0.6 is 0 Å². The average molecular weight is 358 g/mol. The summed E-state index contributed by atoms with van der Waals surface area (Å²) in [5.41, 5.74) is 2.36. The zero-order chi connectivity index (χ0) is 19.0. The van der Waals surface area contributed by atoms with Crippen LogP contribution in [0.25, 0.3) is 11.0 Å². The number of carbonyl (C=O) groups is 3. The number of aryl methyl sites for hydroxylation is 2. The molecular weight excluding hydrogens is 340 g/mol. The van der Waals surface area contributed by atoms with Crippen molar-refractivity contribution in [2.24, 2.45) is 0 Å². The first kappa shape index (κ1) is 17.7. The molecule has 1 aromatic carbocycles. The molecular formula is C18H18N2O6. The number of carbonyl (C=O) groups excluding carboxylic acids is 3. The maximum atomic E-state index is 12.0. The van der Waals surface area contributed by atoms with Gasteiger partial charge in [0.1, 0.15) is 25.3 Å². The number of urea groups is 1. The number of fused-ring (bicyclic) bond motifs is 1. The topological polar surface area (TPSA) is 97.1 Å². The van der Waals surface area contributed by atoms with E-state index in [4.69, 9.17) is 9.15 Å². The van der Waals surface area contributed by atoms with Gasteiger partial charge in [-0.1, -0.05) is 0 Å². The Morgan fingerprint density at radius 2 is 1.85 bits per heavy atom. The van der Waals surface area contributed by atoms with Gasteiger partial charge in [0, 0.05) is 24.1 Å². The second-order valence-corrected chi connectivity index (χ2v) is 6.30. The van der Waals surface area contributed by atoms with E-state index in [0.29, 0.717) is 16.5 Å². The molecule has 3 rings (SSSR count). The van der Waals surface area contributed by atoms with Crippen LogP contribution in [0.15, 0.2) is 27.4 Å². The molecule has 136 valence electrons.